The number of rotatable bonds is 2. The maximum absolute atomic E-state index is 10.9. The van der Waals surface area contributed by atoms with Crippen molar-refractivity contribution in [3.63, 3.8) is 0 Å². The van der Waals surface area contributed by atoms with E-state index in [1.165, 1.54) is 6.07 Å². The minimum absolute atomic E-state index is 0.145. The lowest BCUT2D eigenvalue weighted by atomic mass is 10.1. The Hall–Kier alpha value is -2.04. The standard InChI is InChI=1S/C10H11N3O2/c1-2-7-9(13-15-10(7)11)6-3-4-8(14)12-5-6/h3-5H,2,11H2,1H3,(H,12,14). The molecule has 0 saturated carbocycles. The monoisotopic (exact) mass is 205 g/mol. The summed E-state index contributed by atoms with van der Waals surface area (Å²) in [6, 6.07) is 3.13. The van der Waals surface area contributed by atoms with Crippen molar-refractivity contribution in [3.8, 4) is 11.3 Å². The SMILES string of the molecule is CCc1c(-c2ccc(=O)[nH]c2)noc1N. The molecule has 0 aliphatic rings. The van der Waals surface area contributed by atoms with Crippen LogP contribution >= 0.6 is 0 Å². The second kappa shape index (κ2) is 3.61. The van der Waals surface area contributed by atoms with Crippen LogP contribution in [-0.4, -0.2) is 10.1 Å². The predicted molar refractivity (Wildman–Crippen MR) is 56.4 cm³/mol. The van der Waals surface area contributed by atoms with E-state index >= 15 is 0 Å². The van der Waals surface area contributed by atoms with Gasteiger partial charge in [0.15, 0.2) is 0 Å². The molecule has 0 bridgehead atoms. The summed E-state index contributed by atoms with van der Waals surface area (Å²) in [6.45, 7) is 1.97. The largest absolute Gasteiger partial charge is 0.367 e. The van der Waals surface area contributed by atoms with Gasteiger partial charge >= 0.3 is 0 Å². The maximum atomic E-state index is 10.9. The normalized spacial score (nSPS) is 10.5. The van der Waals surface area contributed by atoms with Crippen molar-refractivity contribution >= 4 is 5.88 Å². The van der Waals surface area contributed by atoms with Crippen molar-refractivity contribution in [2.75, 3.05) is 5.73 Å². The molecule has 0 amide bonds. The summed E-state index contributed by atoms with van der Waals surface area (Å²) < 4.78 is 4.91. The van der Waals surface area contributed by atoms with Gasteiger partial charge in [-0.3, -0.25) is 4.79 Å². The van der Waals surface area contributed by atoms with Crippen LogP contribution in [0.2, 0.25) is 0 Å². The highest BCUT2D eigenvalue weighted by Crippen LogP contribution is 2.26. The van der Waals surface area contributed by atoms with E-state index in [1.54, 1.807) is 12.3 Å². The third-order valence-electron chi connectivity index (χ3n) is 2.23. The van der Waals surface area contributed by atoms with Gasteiger partial charge in [-0.15, -0.1) is 0 Å². The molecule has 15 heavy (non-hydrogen) atoms. The van der Waals surface area contributed by atoms with Gasteiger partial charge in [0.25, 0.3) is 0 Å². The molecule has 2 aromatic heterocycles. The van der Waals surface area contributed by atoms with Gasteiger partial charge in [-0.2, -0.15) is 0 Å². The third-order valence-corrected chi connectivity index (χ3v) is 2.23. The molecule has 0 fully saturated rings. The first-order valence-corrected chi connectivity index (χ1v) is 4.65. The van der Waals surface area contributed by atoms with Gasteiger partial charge in [0.2, 0.25) is 11.4 Å². The fourth-order valence-electron chi connectivity index (χ4n) is 1.45. The fourth-order valence-corrected chi connectivity index (χ4v) is 1.45. The van der Waals surface area contributed by atoms with E-state index in [2.05, 4.69) is 10.1 Å². The number of nitrogens with zero attached hydrogens (tertiary/aromatic N) is 1. The van der Waals surface area contributed by atoms with Crippen LogP contribution in [0.1, 0.15) is 12.5 Å². The molecule has 78 valence electrons. The molecule has 0 atom stereocenters. The number of hydrogen-bond donors (Lipinski definition) is 2. The van der Waals surface area contributed by atoms with Crippen molar-refractivity contribution in [3.05, 3.63) is 34.2 Å². The second-order valence-electron chi connectivity index (χ2n) is 3.17. The van der Waals surface area contributed by atoms with Gasteiger partial charge in [-0.25, -0.2) is 0 Å². The van der Waals surface area contributed by atoms with E-state index < -0.39 is 0 Å². The summed E-state index contributed by atoms with van der Waals surface area (Å²) in [5.41, 5.74) is 7.82. The lowest BCUT2D eigenvalue weighted by Crippen LogP contribution is -2.01. The van der Waals surface area contributed by atoms with Gasteiger partial charge in [-0.05, 0) is 12.5 Å². The highest BCUT2D eigenvalue weighted by molar-refractivity contribution is 5.65. The number of nitrogens with two attached hydrogens (primary N) is 1. The van der Waals surface area contributed by atoms with Gasteiger partial charge in [0.1, 0.15) is 5.69 Å². The first-order chi connectivity index (χ1) is 7.22. The molecule has 2 aromatic rings. The van der Waals surface area contributed by atoms with Crippen molar-refractivity contribution < 1.29 is 4.52 Å². The zero-order valence-corrected chi connectivity index (χ0v) is 8.28. The van der Waals surface area contributed by atoms with Gasteiger partial charge in [-0.1, -0.05) is 12.1 Å². The minimum Gasteiger partial charge on any atom is -0.367 e. The Labute approximate surface area is 85.9 Å². The van der Waals surface area contributed by atoms with Gasteiger partial charge < -0.3 is 15.2 Å². The molecule has 2 rings (SSSR count). The average Bonchev–Trinajstić information content (AvgIpc) is 2.61. The first-order valence-electron chi connectivity index (χ1n) is 4.65. The number of anilines is 1. The molecular formula is C10H11N3O2. The Kier molecular flexibility index (Phi) is 2.29. The Bertz CT molecular complexity index is 507. The molecule has 0 radical (unpaired) electrons. The maximum Gasteiger partial charge on any atom is 0.247 e. The molecule has 0 aliphatic heterocycles. The molecule has 0 aliphatic carbocycles. The van der Waals surface area contributed by atoms with Gasteiger partial charge in [0, 0.05) is 23.4 Å². The second-order valence-corrected chi connectivity index (χ2v) is 3.17. The first kappa shape index (κ1) is 9.51. The number of nitrogen functional groups attached to an aromatic ring is 1. The van der Waals surface area contributed by atoms with Crippen molar-refractivity contribution in [1.29, 1.82) is 0 Å². The number of nitrogens with one attached hydrogen (secondary N) is 1. The highest BCUT2D eigenvalue weighted by atomic mass is 16.5. The van der Waals surface area contributed by atoms with E-state index in [0.717, 1.165) is 17.5 Å². The minimum atomic E-state index is -0.145. The summed E-state index contributed by atoms with van der Waals surface area (Å²) in [7, 11) is 0. The Morgan fingerprint density at radius 3 is 2.93 bits per heavy atom. The fraction of sp³-hybridized carbons (Fsp3) is 0.200. The van der Waals surface area contributed by atoms with E-state index in [1.807, 2.05) is 6.92 Å². The predicted octanol–water partition coefficient (Wildman–Crippen LogP) is 1.17. The van der Waals surface area contributed by atoms with Crippen LogP contribution in [0.4, 0.5) is 5.88 Å². The van der Waals surface area contributed by atoms with Crippen LogP contribution in [0.3, 0.4) is 0 Å². The summed E-state index contributed by atoms with van der Waals surface area (Å²) >= 11 is 0. The molecule has 2 heterocycles. The number of pyridine rings is 1. The summed E-state index contributed by atoms with van der Waals surface area (Å²) in [6.07, 6.45) is 2.34. The van der Waals surface area contributed by atoms with Crippen LogP contribution in [0.5, 0.6) is 0 Å². The van der Waals surface area contributed by atoms with E-state index in [9.17, 15) is 4.79 Å². The van der Waals surface area contributed by atoms with Crippen molar-refractivity contribution in [2.45, 2.75) is 13.3 Å². The van der Waals surface area contributed by atoms with E-state index in [0.29, 0.717) is 11.6 Å². The van der Waals surface area contributed by atoms with Crippen LogP contribution in [0.25, 0.3) is 11.3 Å². The molecular weight excluding hydrogens is 194 g/mol. The Morgan fingerprint density at radius 1 is 1.53 bits per heavy atom. The Balaban J connectivity index is 2.53. The van der Waals surface area contributed by atoms with Crippen LogP contribution in [0.15, 0.2) is 27.6 Å². The topological polar surface area (TPSA) is 84.9 Å². The Morgan fingerprint density at radius 2 is 2.33 bits per heavy atom. The van der Waals surface area contributed by atoms with Crippen molar-refractivity contribution in [1.82, 2.24) is 10.1 Å². The van der Waals surface area contributed by atoms with E-state index in [4.69, 9.17) is 10.3 Å². The molecule has 0 saturated heterocycles. The number of aromatic nitrogens is 2. The number of hydrogen-bond acceptors (Lipinski definition) is 4. The zero-order chi connectivity index (χ0) is 10.8. The van der Waals surface area contributed by atoms with Crippen LogP contribution in [-0.2, 0) is 6.42 Å². The van der Waals surface area contributed by atoms with Crippen molar-refractivity contribution in [2.24, 2.45) is 0 Å². The quantitative estimate of drug-likeness (QED) is 0.770. The highest BCUT2D eigenvalue weighted by Gasteiger charge is 2.13. The lowest BCUT2D eigenvalue weighted by Gasteiger charge is -1.97. The summed E-state index contributed by atoms with van der Waals surface area (Å²) in [5, 5.41) is 3.86. The number of H-pyrrole nitrogens is 1. The molecule has 5 heteroatoms. The molecule has 5 nitrogen and oxygen atoms in total. The smallest absolute Gasteiger partial charge is 0.247 e. The van der Waals surface area contributed by atoms with E-state index in [-0.39, 0.29) is 5.56 Å². The average molecular weight is 205 g/mol. The molecule has 0 spiro atoms. The van der Waals surface area contributed by atoms with Gasteiger partial charge in [0.05, 0.1) is 0 Å². The lowest BCUT2D eigenvalue weighted by molar-refractivity contribution is 0.438. The summed E-state index contributed by atoms with van der Waals surface area (Å²) in [4.78, 5) is 13.5. The summed E-state index contributed by atoms with van der Waals surface area (Å²) in [5.74, 6) is 0.332. The number of aromatic amines is 1. The third kappa shape index (κ3) is 1.63. The molecule has 0 aromatic carbocycles. The molecule has 0 unspecified atom stereocenters. The molecule has 3 N–H and O–H groups in total. The van der Waals surface area contributed by atoms with Crippen LogP contribution < -0.4 is 11.3 Å². The zero-order valence-electron chi connectivity index (χ0n) is 8.28. The van der Waals surface area contributed by atoms with Crippen LogP contribution in [0, 0.1) is 0 Å².